The zero-order valence-corrected chi connectivity index (χ0v) is 11.5. The highest BCUT2D eigenvalue weighted by Gasteiger charge is 2.19. The Bertz CT molecular complexity index is 554. The van der Waals surface area contributed by atoms with Gasteiger partial charge in [-0.2, -0.15) is 0 Å². The highest BCUT2D eigenvalue weighted by Crippen LogP contribution is 2.29. The number of hydrogen-bond acceptors (Lipinski definition) is 2. The topological polar surface area (TPSA) is 43.8 Å². The Morgan fingerprint density at radius 1 is 1.32 bits per heavy atom. The second kappa shape index (κ2) is 5.17. The molecule has 0 saturated carbocycles. The Morgan fingerprint density at radius 2 is 2.11 bits per heavy atom. The molecular weight excluding hydrogens is 234 g/mol. The predicted molar refractivity (Wildman–Crippen MR) is 78.1 cm³/mol. The van der Waals surface area contributed by atoms with E-state index in [9.17, 15) is 0 Å². The molecule has 0 aliphatic carbocycles. The summed E-state index contributed by atoms with van der Waals surface area (Å²) in [6.07, 6.45) is 5.66. The lowest BCUT2D eigenvalue weighted by atomic mass is 10.0. The zero-order chi connectivity index (χ0) is 13.2. The van der Waals surface area contributed by atoms with E-state index in [2.05, 4.69) is 42.0 Å². The highest BCUT2D eigenvalue weighted by molar-refractivity contribution is 5.59. The van der Waals surface area contributed by atoms with E-state index in [1.54, 1.807) is 0 Å². The van der Waals surface area contributed by atoms with Crippen LogP contribution in [0.15, 0.2) is 30.5 Å². The van der Waals surface area contributed by atoms with Crippen molar-refractivity contribution >= 4 is 0 Å². The maximum absolute atomic E-state index is 5.58. The van der Waals surface area contributed by atoms with Gasteiger partial charge in [-0.1, -0.05) is 31.2 Å². The summed E-state index contributed by atoms with van der Waals surface area (Å²) in [5.41, 5.74) is 9.17. The van der Waals surface area contributed by atoms with Crippen LogP contribution in [0, 0.1) is 0 Å². The maximum Gasteiger partial charge on any atom is 0.112 e. The summed E-state index contributed by atoms with van der Waals surface area (Å²) in [6, 6.07) is 8.63. The van der Waals surface area contributed by atoms with Gasteiger partial charge in [0.05, 0.1) is 5.69 Å². The molecule has 0 fully saturated rings. The molecule has 2 heterocycles. The average molecular weight is 255 g/mol. The van der Waals surface area contributed by atoms with Gasteiger partial charge in [-0.15, -0.1) is 0 Å². The van der Waals surface area contributed by atoms with Crippen LogP contribution in [0.1, 0.15) is 37.1 Å². The van der Waals surface area contributed by atoms with Crippen LogP contribution in [0.25, 0.3) is 11.3 Å². The molecule has 3 nitrogen and oxygen atoms in total. The monoisotopic (exact) mass is 255 g/mol. The van der Waals surface area contributed by atoms with E-state index in [1.807, 2.05) is 0 Å². The molecule has 100 valence electrons. The molecule has 1 unspecified atom stereocenters. The van der Waals surface area contributed by atoms with Gasteiger partial charge in [-0.3, -0.25) is 0 Å². The second-order valence-corrected chi connectivity index (χ2v) is 5.46. The minimum Gasteiger partial charge on any atom is -0.334 e. The third-order valence-corrected chi connectivity index (χ3v) is 3.97. The van der Waals surface area contributed by atoms with Gasteiger partial charge in [0.15, 0.2) is 0 Å². The minimum absolute atomic E-state index is 0.582. The first kappa shape index (κ1) is 12.4. The van der Waals surface area contributed by atoms with Gasteiger partial charge in [0.1, 0.15) is 5.82 Å². The molecule has 1 aliphatic heterocycles. The van der Waals surface area contributed by atoms with Gasteiger partial charge >= 0.3 is 0 Å². The summed E-state index contributed by atoms with van der Waals surface area (Å²) < 4.78 is 2.32. The second-order valence-electron chi connectivity index (χ2n) is 5.46. The molecule has 2 aromatic rings. The van der Waals surface area contributed by atoms with Crippen molar-refractivity contribution in [2.75, 3.05) is 6.54 Å². The summed E-state index contributed by atoms with van der Waals surface area (Å²) >= 11 is 0. The SMILES string of the molecule is CC1CCCn2cc(-c3ccc(CCN)cc3)nc21. The van der Waals surface area contributed by atoms with E-state index < -0.39 is 0 Å². The van der Waals surface area contributed by atoms with Gasteiger partial charge in [0.25, 0.3) is 0 Å². The number of nitrogens with two attached hydrogens (primary N) is 1. The third-order valence-electron chi connectivity index (χ3n) is 3.97. The van der Waals surface area contributed by atoms with Crippen molar-refractivity contribution in [2.45, 2.75) is 38.6 Å². The third kappa shape index (κ3) is 2.43. The number of fused-ring (bicyclic) bond motifs is 1. The molecule has 3 heteroatoms. The molecule has 0 bridgehead atoms. The summed E-state index contributed by atoms with van der Waals surface area (Å²) in [4.78, 5) is 4.82. The molecule has 1 aromatic carbocycles. The Balaban J connectivity index is 1.89. The average Bonchev–Trinajstić information content (AvgIpc) is 2.85. The van der Waals surface area contributed by atoms with E-state index in [1.165, 1.54) is 29.8 Å². The van der Waals surface area contributed by atoms with Crippen LogP contribution in [-0.2, 0) is 13.0 Å². The van der Waals surface area contributed by atoms with Crippen molar-refractivity contribution in [3.8, 4) is 11.3 Å². The van der Waals surface area contributed by atoms with Crippen LogP contribution in [0.2, 0.25) is 0 Å². The molecular formula is C16H21N3. The summed E-state index contributed by atoms with van der Waals surface area (Å²) in [6.45, 7) is 4.08. The normalized spacial score (nSPS) is 18.3. The number of imidazole rings is 1. The van der Waals surface area contributed by atoms with Gasteiger partial charge in [0.2, 0.25) is 0 Å². The van der Waals surface area contributed by atoms with Crippen molar-refractivity contribution in [1.29, 1.82) is 0 Å². The fourth-order valence-electron chi connectivity index (χ4n) is 2.85. The van der Waals surface area contributed by atoms with Gasteiger partial charge in [-0.05, 0) is 31.4 Å². The quantitative estimate of drug-likeness (QED) is 0.916. The first-order valence-electron chi connectivity index (χ1n) is 7.14. The highest BCUT2D eigenvalue weighted by atomic mass is 15.1. The zero-order valence-electron chi connectivity index (χ0n) is 11.5. The van der Waals surface area contributed by atoms with E-state index in [-0.39, 0.29) is 0 Å². The van der Waals surface area contributed by atoms with Crippen molar-refractivity contribution < 1.29 is 0 Å². The van der Waals surface area contributed by atoms with Crippen LogP contribution in [0.3, 0.4) is 0 Å². The minimum atomic E-state index is 0.582. The molecule has 1 atom stereocenters. The van der Waals surface area contributed by atoms with Crippen LogP contribution in [0.5, 0.6) is 0 Å². The molecule has 1 aromatic heterocycles. The lowest BCUT2D eigenvalue weighted by molar-refractivity contribution is 0.463. The van der Waals surface area contributed by atoms with E-state index >= 15 is 0 Å². The first-order chi connectivity index (χ1) is 9.28. The van der Waals surface area contributed by atoms with Crippen LogP contribution in [0.4, 0.5) is 0 Å². The number of aryl methyl sites for hydroxylation is 1. The largest absolute Gasteiger partial charge is 0.334 e. The summed E-state index contributed by atoms with van der Waals surface area (Å²) in [5, 5.41) is 0. The fourth-order valence-corrected chi connectivity index (χ4v) is 2.85. The standard InChI is InChI=1S/C16H21N3/c1-12-3-2-10-19-11-15(18-16(12)19)14-6-4-13(5-7-14)8-9-17/h4-7,11-12H,2-3,8-10,17H2,1H3. The van der Waals surface area contributed by atoms with Crippen LogP contribution in [-0.4, -0.2) is 16.1 Å². The number of hydrogen-bond donors (Lipinski definition) is 1. The predicted octanol–water partition coefficient (Wildman–Crippen LogP) is 2.95. The molecule has 19 heavy (non-hydrogen) atoms. The van der Waals surface area contributed by atoms with Gasteiger partial charge in [-0.25, -0.2) is 4.98 Å². The molecule has 0 radical (unpaired) electrons. The molecule has 0 saturated heterocycles. The fraction of sp³-hybridized carbons (Fsp3) is 0.438. The molecule has 2 N–H and O–H groups in total. The number of aromatic nitrogens is 2. The lowest BCUT2D eigenvalue weighted by Gasteiger charge is -2.19. The Hall–Kier alpha value is -1.61. The van der Waals surface area contributed by atoms with Gasteiger partial charge < -0.3 is 10.3 Å². The van der Waals surface area contributed by atoms with Gasteiger partial charge in [0, 0.05) is 24.2 Å². The van der Waals surface area contributed by atoms with Crippen LogP contribution >= 0.6 is 0 Å². The Labute approximate surface area is 114 Å². The number of benzene rings is 1. The van der Waals surface area contributed by atoms with Crippen molar-refractivity contribution in [3.05, 3.63) is 41.9 Å². The summed E-state index contributed by atoms with van der Waals surface area (Å²) in [7, 11) is 0. The first-order valence-corrected chi connectivity index (χ1v) is 7.14. The van der Waals surface area contributed by atoms with Crippen molar-refractivity contribution in [1.82, 2.24) is 9.55 Å². The molecule has 0 amide bonds. The van der Waals surface area contributed by atoms with Crippen molar-refractivity contribution in [2.24, 2.45) is 5.73 Å². The maximum atomic E-state index is 5.58. The Kier molecular flexibility index (Phi) is 3.38. The van der Waals surface area contributed by atoms with E-state index in [0.717, 1.165) is 18.7 Å². The lowest BCUT2D eigenvalue weighted by Crippen LogP contribution is -2.12. The van der Waals surface area contributed by atoms with E-state index in [4.69, 9.17) is 10.7 Å². The Morgan fingerprint density at radius 3 is 2.79 bits per heavy atom. The van der Waals surface area contributed by atoms with Crippen molar-refractivity contribution in [3.63, 3.8) is 0 Å². The van der Waals surface area contributed by atoms with Crippen LogP contribution < -0.4 is 5.73 Å². The summed E-state index contributed by atoms with van der Waals surface area (Å²) in [5.74, 6) is 1.83. The molecule has 1 aliphatic rings. The smallest absolute Gasteiger partial charge is 0.112 e. The molecule has 0 spiro atoms. The van der Waals surface area contributed by atoms with E-state index in [0.29, 0.717) is 12.5 Å². The molecule has 3 rings (SSSR count). The number of rotatable bonds is 3. The number of nitrogens with zero attached hydrogens (tertiary/aromatic N) is 2.